The molecule has 9 nitrogen and oxygen atoms in total. The van der Waals surface area contributed by atoms with Gasteiger partial charge in [0.15, 0.2) is 8.32 Å². The van der Waals surface area contributed by atoms with Gasteiger partial charge in [-0.1, -0.05) is 0 Å². The lowest BCUT2D eigenvalue weighted by Crippen LogP contribution is -2.56. The van der Waals surface area contributed by atoms with Gasteiger partial charge in [-0.15, -0.1) is 0 Å². The highest BCUT2D eigenvalue weighted by atomic mass is 28.5. The molecule has 0 aromatic rings. The van der Waals surface area contributed by atoms with Crippen LogP contribution >= 0.6 is 0 Å². The summed E-state index contributed by atoms with van der Waals surface area (Å²) < 4.78 is 32.1. The third-order valence-electron chi connectivity index (χ3n) is 2.73. The fourth-order valence-corrected chi connectivity index (χ4v) is 21.2. The van der Waals surface area contributed by atoms with Crippen LogP contribution in [0, 0.1) is 0 Å². The molecule has 0 rings (SSSR count). The number of rotatable bonds is 10. The van der Waals surface area contributed by atoms with E-state index in [4.69, 9.17) is 20.9 Å². The third-order valence-corrected chi connectivity index (χ3v) is 19.4. The van der Waals surface area contributed by atoms with Crippen molar-refractivity contribution in [3.05, 3.63) is 0 Å². The maximum Gasteiger partial charge on any atom is 0.487 e. The van der Waals surface area contributed by atoms with E-state index in [1.807, 2.05) is 0 Å². The maximum atomic E-state index is 9.68. The minimum atomic E-state index is -3.50. The normalized spacial score (nSPS) is 18.0. The molecule has 0 aromatic carbocycles. The second-order valence-electron chi connectivity index (χ2n) is 8.97. The maximum absolute atomic E-state index is 9.68. The van der Waals surface area contributed by atoms with E-state index in [0.717, 1.165) is 0 Å². The van der Waals surface area contributed by atoms with Gasteiger partial charge < -0.3 is 39.7 Å². The van der Waals surface area contributed by atoms with Crippen LogP contribution in [0.15, 0.2) is 0 Å². The molecule has 172 valence electrons. The van der Waals surface area contributed by atoms with Crippen LogP contribution in [0.2, 0.25) is 72.0 Å². The molecule has 0 saturated carbocycles. The lowest BCUT2D eigenvalue weighted by atomic mass is 11.8. The molecule has 15 heteroatoms. The van der Waals surface area contributed by atoms with E-state index in [0.29, 0.717) is 0 Å². The van der Waals surface area contributed by atoms with Crippen molar-refractivity contribution in [3.8, 4) is 0 Å². The summed E-state index contributed by atoms with van der Waals surface area (Å²) >= 11 is 0. The first-order valence-corrected chi connectivity index (χ1v) is 25.5. The fraction of sp³-hybridized carbons (Fsp3) is 1.00. The molecule has 0 aliphatic rings. The van der Waals surface area contributed by atoms with E-state index in [9.17, 15) is 14.4 Å². The van der Waals surface area contributed by atoms with Crippen molar-refractivity contribution >= 4 is 51.6 Å². The zero-order chi connectivity index (χ0) is 23.2. The van der Waals surface area contributed by atoms with Crippen molar-refractivity contribution in [2.45, 2.75) is 72.0 Å². The summed E-state index contributed by atoms with van der Waals surface area (Å²) in [6.45, 7) is 20.6. The van der Waals surface area contributed by atoms with Crippen LogP contribution in [0.5, 0.6) is 0 Å². The first-order valence-electron chi connectivity index (χ1n) is 9.03. The van der Waals surface area contributed by atoms with Crippen LogP contribution in [0.3, 0.4) is 0 Å². The Bertz CT molecular complexity index is 418. The van der Waals surface area contributed by atoms with Crippen LogP contribution in [0.25, 0.3) is 0 Å². The highest BCUT2D eigenvalue weighted by Gasteiger charge is 2.45. The summed E-state index contributed by atoms with van der Waals surface area (Å²) in [5, 5.41) is 0. The largest absolute Gasteiger partial charge is 0.487 e. The summed E-state index contributed by atoms with van der Waals surface area (Å²) in [5.41, 5.74) is 0. The van der Waals surface area contributed by atoms with Crippen molar-refractivity contribution in [2.24, 2.45) is 0 Å². The molecule has 28 heavy (non-hydrogen) atoms. The van der Waals surface area contributed by atoms with Gasteiger partial charge in [0.2, 0.25) is 0 Å². The van der Waals surface area contributed by atoms with Crippen molar-refractivity contribution in [2.75, 3.05) is 14.2 Å². The third kappa shape index (κ3) is 18.9. The van der Waals surface area contributed by atoms with Crippen molar-refractivity contribution in [1.82, 2.24) is 0 Å². The average Bonchev–Trinajstić information content (AvgIpc) is 2.30. The van der Waals surface area contributed by atoms with E-state index in [2.05, 4.69) is 50.3 Å². The van der Waals surface area contributed by atoms with Gasteiger partial charge in [0.05, 0.1) is 0 Å². The van der Waals surface area contributed by atoms with Crippen LogP contribution in [0.4, 0.5) is 0 Å². The van der Waals surface area contributed by atoms with E-state index in [1.165, 1.54) is 33.3 Å². The van der Waals surface area contributed by atoms with E-state index in [1.54, 1.807) is 7.11 Å². The summed E-state index contributed by atoms with van der Waals surface area (Å²) in [4.78, 5) is 28.6. The SMILES string of the molecule is CO[Si](C)(C)O[Si](C)(C)O[Si](C)(C)C.CO[Si](C)(O)O[Si](C)(O)O[Si](C)(C)O. The monoisotopic (exact) mass is 510 g/mol. The summed E-state index contributed by atoms with van der Waals surface area (Å²) in [5.74, 6) is 0. The predicted molar refractivity (Wildman–Crippen MR) is 124 cm³/mol. The molecular formula is C13H42O9Si6. The minimum absolute atomic E-state index is 1.29. The second kappa shape index (κ2) is 11.0. The van der Waals surface area contributed by atoms with Gasteiger partial charge in [-0.05, 0) is 58.9 Å². The lowest BCUT2D eigenvalue weighted by molar-refractivity contribution is 0.141. The molecule has 0 aliphatic heterocycles. The Morgan fingerprint density at radius 1 is 0.464 bits per heavy atom. The molecule has 0 amide bonds. The molecule has 0 radical (unpaired) electrons. The molecule has 0 fully saturated rings. The number of hydrogen-bond donors (Lipinski definition) is 3. The molecule has 0 bridgehead atoms. The van der Waals surface area contributed by atoms with Gasteiger partial charge in [-0.25, -0.2) is 0 Å². The van der Waals surface area contributed by atoms with Crippen LogP contribution < -0.4 is 0 Å². The molecule has 0 aliphatic carbocycles. The van der Waals surface area contributed by atoms with Gasteiger partial charge in [0.25, 0.3) is 0 Å². The van der Waals surface area contributed by atoms with Crippen molar-refractivity contribution in [3.63, 3.8) is 0 Å². The molecule has 3 N–H and O–H groups in total. The first-order chi connectivity index (χ1) is 11.9. The predicted octanol–water partition coefficient (Wildman–Crippen LogP) is 2.39. The Labute approximate surface area is 177 Å². The Balaban J connectivity index is 0. The zero-order valence-electron chi connectivity index (χ0n) is 19.8. The van der Waals surface area contributed by atoms with Gasteiger partial charge in [-0.2, -0.15) is 0 Å². The van der Waals surface area contributed by atoms with Crippen LogP contribution in [-0.2, 0) is 25.3 Å². The van der Waals surface area contributed by atoms with E-state index < -0.39 is 51.6 Å². The first kappa shape index (κ1) is 31.1. The van der Waals surface area contributed by atoms with Crippen molar-refractivity contribution < 1.29 is 39.7 Å². The Morgan fingerprint density at radius 3 is 1.18 bits per heavy atom. The molecule has 2 atom stereocenters. The molecule has 0 spiro atoms. The lowest BCUT2D eigenvalue weighted by Gasteiger charge is -2.36. The van der Waals surface area contributed by atoms with Gasteiger partial charge >= 0.3 is 43.3 Å². The Hall–Kier alpha value is 0.941. The zero-order valence-corrected chi connectivity index (χ0v) is 25.8. The second-order valence-corrected chi connectivity index (χ2v) is 29.4. The topological polar surface area (TPSA) is 116 Å². The minimum Gasteiger partial charge on any atom is -0.437 e. The fourth-order valence-electron chi connectivity index (χ4n) is 2.27. The van der Waals surface area contributed by atoms with Crippen molar-refractivity contribution in [1.29, 1.82) is 0 Å². The van der Waals surface area contributed by atoms with E-state index in [-0.39, 0.29) is 0 Å². The van der Waals surface area contributed by atoms with Crippen LogP contribution in [-0.4, -0.2) is 80.2 Å². The molecule has 0 saturated heterocycles. The summed E-state index contributed by atoms with van der Waals surface area (Å²) in [7, 11) is -12.1. The standard InChI is InChI=1S/C8H24O3Si3.C5H18O6Si3/c1-9-13(5,6)11-14(7,8)10-12(2,3)4;1-9-13(4,7)11-14(5,8)10-12(2,3)6/h1-8H3;6-8H,1-5H3. The Kier molecular flexibility index (Phi) is 12.2. The summed E-state index contributed by atoms with van der Waals surface area (Å²) in [6, 6.07) is 0. The molecule has 2 unspecified atom stereocenters. The number of hydrogen-bond acceptors (Lipinski definition) is 9. The average molecular weight is 511 g/mol. The molecular weight excluding hydrogens is 469 g/mol. The Morgan fingerprint density at radius 2 is 0.893 bits per heavy atom. The highest BCUT2D eigenvalue weighted by molar-refractivity contribution is 6.86. The quantitative estimate of drug-likeness (QED) is 0.381. The van der Waals surface area contributed by atoms with Gasteiger partial charge in [-0.3, -0.25) is 0 Å². The summed E-state index contributed by atoms with van der Waals surface area (Å²) in [6.07, 6.45) is 0. The van der Waals surface area contributed by atoms with E-state index >= 15 is 0 Å². The highest BCUT2D eigenvalue weighted by Crippen LogP contribution is 2.20. The molecule has 0 aromatic heterocycles. The smallest absolute Gasteiger partial charge is 0.437 e. The van der Waals surface area contributed by atoms with Gasteiger partial charge in [0, 0.05) is 27.3 Å². The van der Waals surface area contributed by atoms with Crippen LogP contribution in [0.1, 0.15) is 0 Å². The van der Waals surface area contributed by atoms with Gasteiger partial charge in [0.1, 0.15) is 0 Å². The molecule has 0 heterocycles.